The highest BCUT2D eigenvalue weighted by Crippen LogP contribution is 2.52. The summed E-state index contributed by atoms with van der Waals surface area (Å²) in [5.41, 5.74) is 2.29. The zero-order valence-corrected chi connectivity index (χ0v) is 23.0. The number of rotatable bonds is 8. The molecule has 1 atom stereocenters. The van der Waals surface area contributed by atoms with E-state index in [2.05, 4.69) is 64.5 Å². The molecule has 1 aliphatic carbocycles. The average molecular weight is 545 g/mol. The number of hydrogen-bond acceptors (Lipinski definition) is 8. The number of pyridine rings is 1. The van der Waals surface area contributed by atoms with E-state index in [4.69, 9.17) is 14.5 Å². The van der Waals surface area contributed by atoms with Crippen LogP contribution in [-0.4, -0.2) is 73.1 Å². The minimum absolute atomic E-state index is 0. The third-order valence-electron chi connectivity index (χ3n) is 8.97. The summed E-state index contributed by atoms with van der Waals surface area (Å²) in [6.07, 6.45) is 8.48. The van der Waals surface area contributed by atoms with Gasteiger partial charge in [-0.05, 0) is 68.4 Å². The highest BCUT2D eigenvalue weighted by molar-refractivity contribution is 5.61. The Morgan fingerprint density at radius 2 is 1.77 bits per heavy atom. The lowest BCUT2D eigenvalue weighted by molar-refractivity contribution is -0.0241. The van der Waals surface area contributed by atoms with Crippen molar-refractivity contribution in [3.8, 4) is 11.4 Å². The number of nitrogens with one attached hydrogen (secondary N) is 2. The number of anilines is 2. The van der Waals surface area contributed by atoms with E-state index >= 15 is 0 Å². The van der Waals surface area contributed by atoms with Gasteiger partial charge in [0.15, 0.2) is 0 Å². The molecule has 2 N–H and O–H groups in total. The summed E-state index contributed by atoms with van der Waals surface area (Å²) < 4.78 is 11.0. The lowest BCUT2D eigenvalue weighted by atomic mass is 9.64. The van der Waals surface area contributed by atoms with E-state index in [0.717, 1.165) is 94.5 Å². The molecule has 2 saturated heterocycles. The quantitative estimate of drug-likeness (QED) is 0.401. The zero-order chi connectivity index (χ0) is 25.9. The van der Waals surface area contributed by atoms with Crippen molar-refractivity contribution < 1.29 is 12.3 Å². The first kappa shape index (κ1) is 31.2. The summed E-state index contributed by atoms with van der Waals surface area (Å²) in [6, 6.07) is 9.73. The lowest BCUT2D eigenvalue weighted by Gasteiger charge is -2.42. The van der Waals surface area contributed by atoms with Gasteiger partial charge in [-0.15, -0.1) is 0 Å². The maximum Gasteiger partial charge on any atom is 0.130 e. The Labute approximate surface area is 239 Å². The highest BCUT2D eigenvalue weighted by Gasteiger charge is 2.52. The molecule has 39 heavy (non-hydrogen) atoms. The molecule has 0 aromatic carbocycles. The van der Waals surface area contributed by atoms with Crippen LogP contribution in [0.25, 0.3) is 11.4 Å². The molecule has 1 spiro atoms. The molecule has 0 radical (unpaired) electrons. The van der Waals surface area contributed by atoms with Crippen LogP contribution in [0.15, 0.2) is 30.6 Å². The second-order valence-electron chi connectivity index (χ2n) is 12.0. The number of hydrogen-bond donors (Lipinski definition) is 2. The van der Waals surface area contributed by atoms with Gasteiger partial charge in [-0.3, -0.25) is 0 Å². The van der Waals surface area contributed by atoms with Crippen LogP contribution in [0.1, 0.15) is 77.0 Å². The molecule has 222 valence electrons. The Hall–Kier alpha value is -2.29. The molecule has 2 aliphatic heterocycles. The van der Waals surface area contributed by atoms with Crippen LogP contribution >= 0.6 is 0 Å². The molecule has 2 aromatic heterocycles. The Bertz CT molecular complexity index is 1040. The van der Waals surface area contributed by atoms with E-state index in [1.165, 1.54) is 0 Å². The van der Waals surface area contributed by atoms with Crippen molar-refractivity contribution in [3.05, 3.63) is 30.6 Å². The van der Waals surface area contributed by atoms with E-state index < -0.39 is 0 Å². The molecule has 0 bridgehead atoms. The molecule has 8 heteroatoms. The number of nitrogens with zero attached hydrogens (tertiary/aromatic N) is 4. The Balaban J connectivity index is 0.00000210. The van der Waals surface area contributed by atoms with Crippen LogP contribution in [0.4, 0.5) is 11.6 Å². The van der Waals surface area contributed by atoms with Gasteiger partial charge in [0.05, 0.1) is 18.0 Å². The van der Waals surface area contributed by atoms with Gasteiger partial charge in [0.2, 0.25) is 0 Å². The predicted octanol–water partition coefficient (Wildman–Crippen LogP) is 6.29. The Morgan fingerprint density at radius 1 is 1.05 bits per heavy atom. The summed E-state index contributed by atoms with van der Waals surface area (Å²) in [6.45, 7) is 11.6. The minimum atomic E-state index is 0. The summed E-state index contributed by atoms with van der Waals surface area (Å²) in [5, 5.41) is 7.35. The standard InChI is InChI=1S/C29H44N6O2.2CH4.2H2/c1-21(17-36-4)32-22-8-10-23(11-9-22)33-26-16-25(30-20-31-26)24-6-5-7-27(34-24)35-18-28(2,3)29(19-35)12-14-37-15-13-29;;;;/h5-7,16,20-23,32H,8-15,17-19H2,1-4H3,(H,30,31,33);2*1H4;2*1H/t21-,22?,23?;;;;/m1..../s1. The van der Waals surface area contributed by atoms with Gasteiger partial charge in [0, 0.05) is 60.5 Å². The monoisotopic (exact) mass is 544 g/mol. The number of ether oxygens (including phenoxy) is 2. The van der Waals surface area contributed by atoms with E-state index in [9.17, 15) is 0 Å². The van der Waals surface area contributed by atoms with Crippen LogP contribution in [0.2, 0.25) is 0 Å². The maximum atomic E-state index is 5.70. The van der Waals surface area contributed by atoms with Crippen LogP contribution in [0.5, 0.6) is 0 Å². The molecular formula is C31H56N6O2. The first-order chi connectivity index (χ1) is 17.9. The molecule has 0 unspecified atom stereocenters. The van der Waals surface area contributed by atoms with Crippen molar-refractivity contribution in [2.45, 2.75) is 92.3 Å². The largest absolute Gasteiger partial charge is 0.383 e. The van der Waals surface area contributed by atoms with E-state index in [1.807, 2.05) is 6.07 Å². The van der Waals surface area contributed by atoms with Gasteiger partial charge in [0.1, 0.15) is 18.0 Å². The van der Waals surface area contributed by atoms with Gasteiger partial charge in [-0.2, -0.15) is 0 Å². The molecule has 5 rings (SSSR count). The smallest absolute Gasteiger partial charge is 0.130 e. The van der Waals surface area contributed by atoms with Crippen molar-refractivity contribution in [1.82, 2.24) is 20.3 Å². The van der Waals surface area contributed by atoms with Gasteiger partial charge >= 0.3 is 0 Å². The fourth-order valence-corrected chi connectivity index (χ4v) is 6.67. The molecule has 3 fully saturated rings. The SMILES string of the molecule is C.C.COC[C@@H](C)NC1CCC(Nc2cc(-c3cccc(N4CC(C)(C)C5(CCOCC5)C4)n3)ncn2)CC1.[HH].[HH]. The fourth-order valence-electron chi connectivity index (χ4n) is 6.67. The molecule has 3 aliphatic rings. The summed E-state index contributed by atoms with van der Waals surface area (Å²) in [7, 11) is 1.76. The van der Waals surface area contributed by atoms with Crippen LogP contribution < -0.4 is 15.5 Å². The van der Waals surface area contributed by atoms with Crippen molar-refractivity contribution in [3.63, 3.8) is 0 Å². The number of aromatic nitrogens is 3. The van der Waals surface area contributed by atoms with Gasteiger partial charge in [-0.25, -0.2) is 15.0 Å². The molecule has 1 saturated carbocycles. The minimum Gasteiger partial charge on any atom is -0.383 e. The van der Waals surface area contributed by atoms with E-state index in [-0.39, 0.29) is 23.1 Å². The van der Waals surface area contributed by atoms with Crippen LogP contribution in [0, 0.1) is 10.8 Å². The van der Waals surface area contributed by atoms with Gasteiger partial charge in [-0.1, -0.05) is 34.8 Å². The molecule has 8 nitrogen and oxygen atoms in total. The third-order valence-corrected chi connectivity index (χ3v) is 8.97. The Kier molecular flexibility index (Phi) is 10.7. The maximum absolute atomic E-state index is 5.70. The number of methoxy groups -OCH3 is 1. The topological polar surface area (TPSA) is 84.4 Å². The van der Waals surface area contributed by atoms with Gasteiger partial charge < -0.3 is 25.0 Å². The highest BCUT2D eigenvalue weighted by atomic mass is 16.5. The molecule has 2 aromatic rings. The van der Waals surface area contributed by atoms with Gasteiger partial charge in [0.25, 0.3) is 0 Å². The zero-order valence-electron chi connectivity index (χ0n) is 23.0. The van der Waals surface area contributed by atoms with Crippen molar-refractivity contribution >= 4 is 11.6 Å². The first-order valence-electron chi connectivity index (χ1n) is 14.0. The lowest BCUT2D eigenvalue weighted by Crippen LogP contribution is -2.42. The van der Waals surface area contributed by atoms with Crippen molar-refractivity contribution in [1.29, 1.82) is 0 Å². The van der Waals surface area contributed by atoms with E-state index in [0.29, 0.717) is 23.5 Å². The van der Waals surface area contributed by atoms with Crippen molar-refractivity contribution in [2.75, 3.05) is 50.2 Å². The molecule has 0 amide bonds. The third kappa shape index (κ3) is 7.08. The summed E-state index contributed by atoms with van der Waals surface area (Å²) in [5.74, 6) is 1.92. The normalized spacial score (nSPS) is 24.5. The summed E-state index contributed by atoms with van der Waals surface area (Å²) >= 11 is 0. The Morgan fingerprint density at radius 3 is 2.49 bits per heavy atom. The predicted molar refractivity (Wildman–Crippen MR) is 166 cm³/mol. The van der Waals surface area contributed by atoms with Crippen LogP contribution in [-0.2, 0) is 9.47 Å². The average Bonchev–Trinajstić information content (AvgIpc) is 3.15. The summed E-state index contributed by atoms with van der Waals surface area (Å²) in [4.78, 5) is 16.6. The molecule has 4 heterocycles. The van der Waals surface area contributed by atoms with Crippen molar-refractivity contribution in [2.24, 2.45) is 10.8 Å². The fraction of sp³-hybridized carbons (Fsp3) is 0.710. The van der Waals surface area contributed by atoms with E-state index in [1.54, 1.807) is 13.4 Å². The second-order valence-corrected chi connectivity index (χ2v) is 12.0. The first-order valence-corrected chi connectivity index (χ1v) is 14.0. The second kappa shape index (κ2) is 13.4. The molecular weight excluding hydrogens is 488 g/mol. The van der Waals surface area contributed by atoms with Crippen LogP contribution in [0.3, 0.4) is 0 Å².